The van der Waals surface area contributed by atoms with Gasteiger partial charge < -0.3 is 4.90 Å². The van der Waals surface area contributed by atoms with E-state index >= 15 is 0 Å². The Balaban J connectivity index is 1.94. The van der Waals surface area contributed by atoms with Crippen LogP contribution in [0, 0.1) is 0 Å². The number of nitrogens with zero attached hydrogens (tertiary/aromatic N) is 3. The Bertz CT molecular complexity index is 555. The van der Waals surface area contributed by atoms with Gasteiger partial charge >= 0.3 is 0 Å². The van der Waals surface area contributed by atoms with E-state index in [0.717, 1.165) is 17.9 Å². The minimum Gasteiger partial charge on any atom is -0.348 e. The molecule has 1 aliphatic rings. The first-order valence-corrected chi connectivity index (χ1v) is 7.93. The van der Waals surface area contributed by atoms with E-state index < -0.39 is 0 Å². The van der Waals surface area contributed by atoms with Gasteiger partial charge in [-0.1, -0.05) is 17.7 Å². The first-order chi connectivity index (χ1) is 9.29. The summed E-state index contributed by atoms with van der Waals surface area (Å²) in [6, 6.07) is 4.76. The van der Waals surface area contributed by atoms with Gasteiger partial charge in [-0.05, 0) is 24.3 Å². The minimum absolute atomic E-state index is 0.336. The summed E-state index contributed by atoms with van der Waals surface area (Å²) in [4.78, 5) is 12.0. The Morgan fingerprint density at radius 2 is 2.21 bits per heavy atom. The van der Waals surface area contributed by atoms with Gasteiger partial charge in [0.25, 0.3) is 0 Å². The average Bonchev–Trinajstić information content (AvgIpc) is 3.13. The molecule has 3 rings (SSSR count). The van der Waals surface area contributed by atoms with Gasteiger partial charge in [0.2, 0.25) is 0 Å². The molecule has 2 aromatic rings. The molecule has 6 heteroatoms. The van der Waals surface area contributed by atoms with Crippen molar-refractivity contribution in [3.63, 3.8) is 0 Å². The molecule has 3 nitrogen and oxygen atoms in total. The van der Waals surface area contributed by atoms with Gasteiger partial charge in [0, 0.05) is 16.5 Å². The summed E-state index contributed by atoms with van der Waals surface area (Å²) < 4.78 is 0. The second kappa shape index (κ2) is 5.65. The molecular formula is C13H13Cl2N3S. The molecule has 19 heavy (non-hydrogen) atoms. The summed E-state index contributed by atoms with van der Waals surface area (Å²) >= 11 is 13.9. The molecule has 0 spiro atoms. The number of rotatable bonds is 5. The molecule has 0 unspecified atom stereocenters. The highest BCUT2D eigenvalue weighted by Crippen LogP contribution is 2.36. The van der Waals surface area contributed by atoms with Gasteiger partial charge in [0.1, 0.15) is 17.3 Å². The smallest absolute Gasteiger partial charge is 0.138 e. The maximum atomic E-state index is 6.12. The van der Waals surface area contributed by atoms with Crippen LogP contribution in [0.1, 0.15) is 23.3 Å². The van der Waals surface area contributed by atoms with Crippen molar-refractivity contribution >= 4 is 40.4 Å². The molecule has 100 valence electrons. The molecule has 2 aromatic heterocycles. The molecule has 1 fully saturated rings. The normalized spacial score (nSPS) is 14.6. The molecule has 2 heterocycles. The third-order valence-electron chi connectivity index (χ3n) is 3.17. The van der Waals surface area contributed by atoms with Gasteiger partial charge in [-0.15, -0.1) is 22.9 Å². The Kier molecular flexibility index (Phi) is 3.91. The van der Waals surface area contributed by atoms with E-state index in [9.17, 15) is 0 Å². The summed E-state index contributed by atoms with van der Waals surface area (Å²) in [5, 5.41) is 2.55. The Hall–Kier alpha value is -0.840. The highest BCUT2D eigenvalue weighted by atomic mass is 35.5. The molecule has 0 bridgehead atoms. The molecule has 0 saturated heterocycles. The van der Waals surface area contributed by atoms with Crippen LogP contribution in [-0.4, -0.2) is 16.0 Å². The number of thiophene rings is 1. The molecular weight excluding hydrogens is 301 g/mol. The predicted octanol–water partition coefficient (Wildman–Crippen LogP) is 4.10. The molecule has 0 amide bonds. The Morgan fingerprint density at radius 1 is 1.37 bits per heavy atom. The van der Waals surface area contributed by atoms with Gasteiger partial charge in [-0.25, -0.2) is 9.97 Å². The van der Waals surface area contributed by atoms with Gasteiger partial charge in [-0.2, -0.15) is 0 Å². The van der Waals surface area contributed by atoms with Crippen molar-refractivity contribution in [2.75, 3.05) is 4.90 Å². The van der Waals surface area contributed by atoms with Crippen LogP contribution in [0.4, 0.5) is 5.82 Å². The van der Waals surface area contributed by atoms with Crippen LogP contribution in [0.3, 0.4) is 0 Å². The van der Waals surface area contributed by atoms with E-state index in [0.29, 0.717) is 17.1 Å². The number of alkyl halides is 1. The largest absolute Gasteiger partial charge is 0.348 e. The van der Waals surface area contributed by atoms with Gasteiger partial charge in [-0.3, -0.25) is 0 Å². The molecule has 1 saturated carbocycles. The molecule has 0 radical (unpaired) electrons. The van der Waals surface area contributed by atoms with E-state index in [4.69, 9.17) is 23.2 Å². The predicted molar refractivity (Wildman–Crippen MR) is 80.1 cm³/mol. The lowest BCUT2D eigenvalue weighted by Gasteiger charge is -2.25. The second-order valence-corrected chi connectivity index (χ2v) is 6.20. The van der Waals surface area contributed by atoms with Crippen LogP contribution >= 0.6 is 34.5 Å². The van der Waals surface area contributed by atoms with Gasteiger partial charge in [0.15, 0.2) is 0 Å². The van der Waals surface area contributed by atoms with E-state index in [1.807, 2.05) is 0 Å². The maximum absolute atomic E-state index is 6.12. The highest BCUT2D eigenvalue weighted by Gasteiger charge is 2.32. The Labute approximate surface area is 126 Å². The lowest BCUT2D eigenvalue weighted by Crippen LogP contribution is -2.27. The SMILES string of the molecule is ClCc1c(Cl)ncnc1N(Cc1cccs1)C1CC1. The Morgan fingerprint density at radius 3 is 2.84 bits per heavy atom. The van der Waals surface area contributed by atoms with E-state index in [1.165, 1.54) is 24.0 Å². The van der Waals surface area contributed by atoms with Crippen molar-refractivity contribution in [1.82, 2.24) is 9.97 Å². The molecule has 0 aliphatic heterocycles. The zero-order valence-electron chi connectivity index (χ0n) is 10.2. The number of aromatic nitrogens is 2. The second-order valence-electron chi connectivity index (χ2n) is 4.54. The lowest BCUT2D eigenvalue weighted by atomic mass is 10.3. The highest BCUT2D eigenvalue weighted by molar-refractivity contribution is 7.09. The lowest BCUT2D eigenvalue weighted by molar-refractivity contribution is 0.777. The van der Waals surface area contributed by atoms with Crippen LogP contribution in [0.2, 0.25) is 5.15 Å². The maximum Gasteiger partial charge on any atom is 0.138 e. The summed E-state index contributed by atoms with van der Waals surface area (Å²) in [6.07, 6.45) is 3.92. The molecule has 0 atom stereocenters. The molecule has 0 N–H and O–H groups in total. The first kappa shape index (κ1) is 13.2. The number of halogens is 2. The third-order valence-corrected chi connectivity index (χ3v) is 4.62. The van der Waals surface area contributed by atoms with Crippen LogP contribution in [-0.2, 0) is 12.4 Å². The van der Waals surface area contributed by atoms with Crippen molar-refractivity contribution in [3.8, 4) is 0 Å². The monoisotopic (exact) mass is 313 g/mol. The van der Waals surface area contributed by atoms with Crippen molar-refractivity contribution in [2.45, 2.75) is 31.3 Å². The third kappa shape index (κ3) is 2.86. The average molecular weight is 314 g/mol. The van der Waals surface area contributed by atoms with E-state index in [1.54, 1.807) is 11.3 Å². The summed E-state index contributed by atoms with van der Waals surface area (Å²) in [5.41, 5.74) is 0.828. The molecule has 0 aromatic carbocycles. The van der Waals surface area contributed by atoms with Crippen LogP contribution in [0.5, 0.6) is 0 Å². The van der Waals surface area contributed by atoms with Crippen LogP contribution in [0.25, 0.3) is 0 Å². The summed E-state index contributed by atoms with van der Waals surface area (Å²) in [6.45, 7) is 0.861. The first-order valence-electron chi connectivity index (χ1n) is 6.14. The number of hydrogen-bond acceptors (Lipinski definition) is 4. The van der Waals surface area contributed by atoms with Crippen molar-refractivity contribution in [2.24, 2.45) is 0 Å². The van der Waals surface area contributed by atoms with Crippen LogP contribution < -0.4 is 4.90 Å². The molecule has 1 aliphatic carbocycles. The minimum atomic E-state index is 0.336. The number of anilines is 1. The fourth-order valence-electron chi connectivity index (χ4n) is 2.08. The van der Waals surface area contributed by atoms with Crippen molar-refractivity contribution in [1.29, 1.82) is 0 Å². The van der Waals surface area contributed by atoms with Crippen molar-refractivity contribution in [3.05, 3.63) is 39.4 Å². The standard InChI is InChI=1S/C13H13Cl2N3S/c14-6-11-12(15)16-8-17-13(11)18(9-3-4-9)7-10-2-1-5-19-10/h1-2,5,8-9H,3-4,6-7H2. The summed E-state index contributed by atoms with van der Waals surface area (Å²) in [7, 11) is 0. The van der Waals surface area contributed by atoms with Crippen molar-refractivity contribution < 1.29 is 0 Å². The zero-order valence-corrected chi connectivity index (χ0v) is 12.5. The van der Waals surface area contributed by atoms with Gasteiger partial charge in [0.05, 0.1) is 12.4 Å². The van der Waals surface area contributed by atoms with E-state index in [2.05, 4.69) is 32.4 Å². The van der Waals surface area contributed by atoms with Crippen LogP contribution in [0.15, 0.2) is 23.8 Å². The summed E-state index contributed by atoms with van der Waals surface area (Å²) in [5.74, 6) is 1.22. The quantitative estimate of drug-likeness (QED) is 0.614. The number of hydrogen-bond donors (Lipinski definition) is 0. The topological polar surface area (TPSA) is 29.0 Å². The van der Waals surface area contributed by atoms with E-state index in [-0.39, 0.29) is 0 Å². The fraction of sp³-hybridized carbons (Fsp3) is 0.385. The fourth-order valence-corrected chi connectivity index (χ4v) is 3.29. The zero-order chi connectivity index (χ0) is 13.2.